The van der Waals surface area contributed by atoms with Crippen LogP contribution >= 0.6 is 0 Å². The highest BCUT2D eigenvalue weighted by atomic mass is 19.4. The Morgan fingerprint density at radius 1 is 0.490 bits per heavy atom. The number of primary amides is 2. The van der Waals surface area contributed by atoms with Crippen LogP contribution in [0.5, 0.6) is 23.0 Å². The van der Waals surface area contributed by atoms with Gasteiger partial charge in [-0.2, -0.15) is 39.5 Å². The molecule has 0 aliphatic carbocycles. The highest BCUT2D eigenvalue weighted by molar-refractivity contribution is 6.09. The van der Waals surface area contributed by atoms with E-state index in [4.69, 9.17) is 77.3 Å². The summed E-state index contributed by atoms with van der Waals surface area (Å²) in [5, 5.41) is 35.4. The van der Waals surface area contributed by atoms with Gasteiger partial charge in [-0.15, -0.1) is 0 Å². The zero-order chi connectivity index (χ0) is 73.8. The second-order valence-electron chi connectivity index (χ2n) is 20.0. The zero-order valence-electron chi connectivity index (χ0n) is 53.6. The number of hydrogen-bond acceptors (Lipinski definition) is 18. The van der Waals surface area contributed by atoms with Gasteiger partial charge >= 0.3 is 36.4 Å². The molecule has 17 N–H and O–H groups in total. The van der Waals surface area contributed by atoms with E-state index in [1.54, 1.807) is 18.2 Å². The smallest absolute Gasteiger partial charge is 0.490 e. The van der Waals surface area contributed by atoms with E-state index in [-0.39, 0.29) is 36.0 Å². The first kappa shape index (κ1) is 81.5. The van der Waals surface area contributed by atoms with Gasteiger partial charge in [-0.3, -0.25) is 29.1 Å². The molecule has 4 amide bonds. The number of rotatable bonds is 25. The summed E-state index contributed by atoms with van der Waals surface area (Å²) < 4.78 is 118. The van der Waals surface area contributed by atoms with E-state index in [0.29, 0.717) is 108 Å². The van der Waals surface area contributed by atoms with Gasteiger partial charge in [0.15, 0.2) is 23.0 Å². The second-order valence-corrected chi connectivity index (χ2v) is 20.0. The van der Waals surface area contributed by atoms with Crippen molar-refractivity contribution in [2.24, 2.45) is 28.7 Å². The van der Waals surface area contributed by atoms with Gasteiger partial charge in [0.1, 0.15) is 0 Å². The lowest BCUT2D eigenvalue weighted by Crippen LogP contribution is -2.45. The predicted molar refractivity (Wildman–Crippen MR) is 343 cm³/mol. The van der Waals surface area contributed by atoms with Gasteiger partial charge < -0.3 is 84.2 Å². The van der Waals surface area contributed by atoms with Crippen LogP contribution in [-0.4, -0.2) is 130 Å². The van der Waals surface area contributed by atoms with Gasteiger partial charge in [0.25, 0.3) is 11.8 Å². The molecule has 532 valence electrons. The molecule has 0 aliphatic heterocycles. The van der Waals surface area contributed by atoms with Gasteiger partial charge in [0.2, 0.25) is 11.8 Å². The number of halogens is 9. The fraction of sp³-hybridized carbons (Fsp3) is 0.328. The van der Waals surface area contributed by atoms with E-state index in [2.05, 4.69) is 31.2 Å². The number of carbonyl (C=O) groups is 7. The van der Waals surface area contributed by atoms with Gasteiger partial charge in [0.05, 0.1) is 72.0 Å². The fourth-order valence-corrected chi connectivity index (χ4v) is 8.75. The number of ether oxygens (including phenoxy) is 4. The van der Waals surface area contributed by atoms with Crippen molar-refractivity contribution >= 4 is 86.1 Å². The molecule has 0 bridgehead atoms. The Balaban J connectivity index is 0.000000396. The number of amides is 4. The molecule has 5 aromatic carbocycles. The largest absolute Gasteiger partial charge is 0.490 e. The molecule has 0 saturated heterocycles. The van der Waals surface area contributed by atoms with Crippen LogP contribution in [0.25, 0.3) is 21.8 Å². The minimum absolute atomic E-state index is 0.0633. The molecule has 0 saturated carbocycles. The number of carboxylic acids is 3. The number of aromatic nitrogens is 2. The molecule has 0 spiro atoms. The highest BCUT2D eigenvalue weighted by Crippen LogP contribution is 2.40. The van der Waals surface area contributed by atoms with Crippen LogP contribution in [-0.2, 0) is 56.3 Å². The Morgan fingerprint density at radius 3 is 1.11 bits per heavy atom. The lowest BCUT2D eigenvalue weighted by molar-refractivity contribution is -0.193. The van der Waals surface area contributed by atoms with Crippen LogP contribution in [0.3, 0.4) is 0 Å². The summed E-state index contributed by atoms with van der Waals surface area (Å²) in [6.07, 6.45) is -10.5. The predicted octanol–water partition coefficient (Wildman–Crippen LogP) is 8.86. The molecular weight excluding hydrogens is 1320 g/mol. The summed E-state index contributed by atoms with van der Waals surface area (Å²) in [5.41, 5.74) is 38.0. The number of carbonyl (C=O) groups excluding carboxylic acids is 4. The molecule has 34 heteroatoms. The van der Waals surface area contributed by atoms with E-state index in [0.717, 1.165) is 39.2 Å². The average molecular weight is 1390 g/mol. The van der Waals surface area contributed by atoms with Crippen molar-refractivity contribution in [2.45, 2.75) is 105 Å². The minimum atomic E-state index is -5.08. The number of anilines is 4. The normalized spacial score (nSPS) is 11.6. The van der Waals surface area contributed by atoms with Gasteiger partial charge in [-0.05, 0) is 99.0 Å². The number of fused-ring (bicyclic) bond motifs is 2. The summed E-state index contributed by atoms with van der Waals surface area (Å²) in [4.78, 5) is 85.3. The van der Waals surface area contributed by atoms with Crippen molar-refractivity contribution < 1.29 is 107 Å². The fourth-order valence-electron chi connectivity index (χ4n) is 8.75. The third kappa shape index (κ3) is 24.5. The quantitative estimate of drug-likeness (QED) is 0.0238. The van der Waals surface area contributed by atoms with Crippen molar-refractivity contribution in [2.75, 3.05) is 43.6 Å². The summed E-state index contributed by atoms with van der Waals surface area (Å²) in [7, 11) is 0. The van der Waals surface area contributed by atoms with Crippen molar-refractivity contribution in [3.05, 3.63) is 142 Å². The Kier molecular flexibility index (Phi) is 31.7. The van der Waals surface area contributed by atoms with E-state index >= 15 is 0 Å². The standard InChI is InChI=1S/C32H37N5O4.C26H34N6O4.3C2HF3O2/c1-4-22-21(18-36-32(39)25(33)15-20-11-8-7-9-12-20)13-10-14-26(22)37-30-23-16-28(40-5-2)29(41-6-3)17-27(23)35-19-24(30)31(34)38;1-4-16-15(13-31-26(34)19(28)12-27)8-7-9-20(16)32-24-17-10-22(35-5-2)23(36-6-3)11-21(17)30-14-18(24)25(29)33;3*3-2(4,5)1(6)7/h7-14,16-17,19,25H,4-6,15,18,33H2,1-3H3,(H2,34,38)(H,35,37)(H,36,39);7-11,14,19H,4-6,12-13,27-28H2,1-3H3,(H2,29,33)(H,30,32)(H,31,34);3*(H,6,7)/t25-;19-;;;/m10.../s1. The minimum Gasteiger partial charge on any atom is -0.490 e. The van der Waals surface area contributed by atoms with Crippen molar-refractivity contribution in [1.29, 1.82) is 0 Å². The lowest BCUT2D eigenvalue weighted by atomic mass is 10.0. The summed E-state index contributed by atoms with van der Waals surface area (Å²) in [6, 6.07) is 27.0. The number of carboxylic acid groups (broad SMARTS) is 3. The van der Waals surface area contributed by atoms with Gasteiger partial charge in [0, 0.05) is 66.3 Å². The molecule has 2 atom stereocenters. The summed E-state index contributed by atoms with van der Waals surface area (Å²) in [6.45, 7) is 14.1. The number of benzene rings is 5. The molecule has 0 radical (unpaired) electrons. The molecule has 2 aromatic heterocycles. The van der Waals surface area contributed by atoms with Crippen LogP contribution in [0, 0.1) is 0 Å². The van der Waals surface area contributed by atoms with Crippen LogP contribution in [0.15, 0.2) is 103 Å². The molecule has 0 aliphatic rings. The Bertz CT molecular complexity index is 3830. The number of nitrogens with one attached hydrogen (secondary N) is 4. The maximum atomic E-state index is 12.8. The SMILES string of the molecule is CCOc1cc2ncc(C(N)=O)c(Nc3cccc(CNC(=O)[C@@H](N)CN)c3CC)c2cc1OCC.CCOc1cc2ncc(C(N)=O)c(Nc3cccc(CNC(=O)[C@H](N)Cc4ccccc4)c3CC)c2cc1OCC.O=C(O)C(F)(F)F.O=C(O)C(F)(F)F.O=C(O)C(F)(F)F. The summed E-state index contributed by atoms with van der Waals surface area (Å²) >= 11 is 0. The molecular formula is C64H74F9N11O14. The molecule has 25 nitrogen and oxygen atoms in total. The van der Waals surface area contributed by atoms with E-state index in [9.17, 15) is 58.7 Å². The molecule has 7 rings (SSSR count). The number of aliphatic carboxylic acids is 3. The van der Waals surface area contributed by atoms with Gasteiger partial charge in [-0.25, -0.2) is 14.4 Å². The van der Waals surface area contributed by atoms with Crippen molar-refractivity contribution in [3.63, 3.8) is 0 Å². The van der Waals surface area contributed by atoms with E-state index < -0.39 is 60.3 Å². The van der Waals surface area contributed by atoms with Gasteiger partial charge in [-0.1, -0.05) is 68.4 Å². The third-order valence-electron chi connectivity index (χ3n) is 13.2. The van der Waals surface area contributed by atoms with Crippen molar-refractivity contribution in [1.82, 2.24) is 20.6 Å². The number of nitrogens with two attached hydrogens (primary N) is 5. The molecule has 7 aromatic rings. The van der Waals surface area contributed by atoms with Crippen LogP contribution in [0.1, 0.15) is 90.1 Å². The van der Waals surface area contributed by atoms with Crippen molar-refractivity contribution in [3.8, 4) is 23.0 Å². The highest BCUT2D eigenvalue weighted by Gasteiger charge is 2.39. The van der Waals surface area contributed by atoms with Crippen LogP contribution in [0.4, 0.5) is 62.3 Å². The lowest BCUT2D eigenvalue weighted by Gasteiger charge is -2.20. The third-order valence-corrected chi connectivity index (χ3v) is 13.2. The average Bonchev–Trinajstić information content (AvgIpc) is 0.779. The first-order valence-corrected chi connectivity index (χ1v) is 29.5. The number of alkyl halides is 9. The van der Waals surface area contributed by atoms with E-state index in [1.165, 1.54) is 12.4 Å². The Hall–Kier alpha value is -10.7. The molecule has 0 fully saturated rings. The van der Waals surface area contributed by atoms with E-state index in [1.807, 2.05) is 114 Å². The monoisotopic (exact) mass is 1390 g/mol. The summed E-state index contributed by atoms with van der Waals surface area (Å²) in [5.74, 6) is -7.80. The second kappa shape index (κ2) is 38.1. The molecule has 98 heavy (non-hydrogen) atoms. The first-order valence-electron chi connectivity index (χ1n) is 29.5. The molecule has 2 heterocycles. The maximum Gasteiger partial charge on any atom is 0.490 e. The van der Waals surface area contributed by atoms with Crippen LogP contribution < -0.4 is 68.9 Å². The maximum absolute atomic E-state index is 12.8. The zero-order valence-corrected chi connectivity index (χ0v) is 53.6. The Morgan fingerprint density at radius 2 is 0.816 bits per heavy atom. The number of hydrogen-bond donors (Lipinski definition) is 12. The topological polar surface area (TPSA) is 421 Å². The number of pyridine rings is 2. The van der Waals surface area contributed by atoms with Crippen LogP contribution in [0.2, 0.25) is 0 Å². The Labute approximate surface area is 554 Å². The number of nitrogens with zero attached hydrogens (tertiary/aromatic N) is 2. The first-order chi connectivity index (χ1) is 46.0. The molecule has 0 unspecified atom stereocenters.